The molecule has 0 radical (unpaired) electrons. The maximum atomic E-state index is 13.4. The fourth-order valence-electron chi connectivity index (χ4n) is 4.24. The molecule has 1 N–H and O–H groups in total. The lowest BCUT2D eigenvalue weighted by atomic mass is 9.95. The molecule has 0 aliphatic carbocycles. The van der Waals surface area contributed by atoms with Crippen LogP contribution in [0.2, 0.25) is 5.02 Å². The van der Waals surface area contributed by atoms with Crippen LogP contribution in [0.25, 0.3) is 6.08 Å². The second-order valence-electron chi connectivity index (χ2n) is 8.76. The molecule has 4 amide bonds. The molecule has 0 unspecified atom stereocenters. The van der Waals surface area contributed by atoms with Crippen LogP contribution in [0.1, 0.15) is 38.9 Å². The average Bonchev–Trinajstić information content (AvgIpc) is 2.74. The molecule has 1 heterocycles. The van der Waals surface area contributed by atoms with E-state index in [4.69, 9.17) is 11.6 Å². The lowest BCUT2D eigenvalue weighted by Crippen LogP contribution is -2.54. The van der Waals surface area contributed by atoms with Crippen molar-refractivity contribution >= 4 is 41.2 Å². The molecule has 4 rings (SSSR count). The highest BCUT2D eigenvalue weighted by Gasteiger charge is 2.37. The van der Waals surface area contributed by atoms with Gasteiger partial charge in [-0.05, 0) is 86.2 Å². The largest absolute Gasteiger partial charge is 0.335 e. The summed E-state index contributed by atoms with van der Waals surface area (Å²) in [5.74, 6) is -1.39. The molecule has 0 aromatic heterocycles. The van der Waals surface area contributed by atoms with Crippen molar-refractivity contribution < 1.29 is 14.4 Å². The first-order valence-corrected chi connectivity index (χ1v) is 11.3. The fraction of sp³-hybridized carbons (Fsp3) is 0.179. The molecule has 1 fully saturated rings. The molecule has 3 aromatic carbocycles. The second kappa shape index (κ2) is 9.27. The minimum atomic E-state index is -0.762. The number of barbiturate groups is 1. The van der Waals surface area contributed by atoms with E-state index in [-0.39, 0.29) is 5.57 Å². The lowest BCUT2D eigenvalue weighted by Gasteiger charge is -2.28. The lowest BCUT2D eigenvalue weighted by molar-refractivity contribution is -0.122. The summed E-state index contributed by atoms with van der Waals surface area (Å²) in [4.78, 5) is 39.8. The number of nitrogens with one attached hydrogen (secondary N) is 1. The number of aryl methyl sites for hydroxylation is 4. The molecular formula is C28H25ClN2O3. The predicted molar refractivity (Wildman–Crippen MR) is 135 cm³/mol. The zero-order valence-electron chi connectivity index (χ0n) is 19.5. The Morgan fingerprint density at radius 2 is 1.56 bits per heavy atom. The Hall–Kier alpha value is -3.70. The molecule has 0 bridgehead atoms. The Kier molecular flexibility index (Phi) is 6.40. The van der Waals surface area contributed by atoms with E-state index >= 15 is 0 Å². The van der Waals surface area contributed by atoms with Gasteiger partial charge < -0.3 is 0 Å². The van der Waals surface area contributed by atoms with Crippen molar-refractivity contribution in [2.24, 2.45) is 0 Å². The van der Waals surface area contributed by atoms with Gasteiger partial charge in [-0.25, -0.2) is 9.69 Å². The normalized spacial score (nSPS) is 15.1. The van der Waals surface area contributed by atoms with Gasteiger partial charge in [0.05, 0.1) is 5.69 Å². The number of nitrogens with zero attached hydrogens (tertiary/aromatic N) is 1. The molecular weight excluding hydrogens is 448 g/mol. The van der Waals surface area contributed by atoms with Gasteiger partial charge in [-0.15, -0.1) is 0 Å². The highest BCUT2D eigenvalue weighted by atomic mass is 35.5. The van der Waals surface area contributed by atoms with E-state index in [2.05, 4.69) is 23.5 Å². The van der Waals surface area contributed by atoms with Gasteiger partial charge in [0.15, 0.2) is 0 Å². The molecule has 0 saturated carbocycles. The molecule has 0 spiro atoms. The number of imide groups is 2. The predicted octanol–water partition coefficient (Wildman–Crippen LogP) is 5.83. The van der Waals surface area contributed by atoms with Gasteiger partial charge >= 0.3 is 6.03 Å². The van der Waals surface area contributed by atoms with Crippen LogP contribution in [0.15, 0.2) is 60.2 Å². The van der Waals surface area contributed by atoms with Crippen LogP contribution in [-0.4, -0.2) is 17.8 Å². The Bertz CT molecular complexity index is 1350. The third-order valence-corrected chi connectivity index (χ3v) is 6.03. The van der Waals surface area contributed by atoms with Gasteiger partial charge in [0, 0.05) is 5.02 Å². The fourth-order valence-corrected chi connectivity index (χ4v) is 4.42. The molecule has 1 saturated heterocycles. The molecule has 1 aliphatic rings. The number of urea groups is 1. The Labute approximate surface area is 204 Å². The highest BCUT2D eigenvalue weighted by molar-refractivity contribution is 6.39. The number of carbonyl (C=O) groups is 3. The molecule has 3 aromatic rings. The minimum Gasteiger partial charge on any atom is -0.273 e. The van der Waals surface area contributed by atoms with Crippen molar-refractivity contribution in [3.63, 3.8) is 0 Å². The van der Waals surface area contributed by atoms with Crippen LogP contribution in [0.3, 0.4) is 0 Å². The summed E-state index contributed by atoms with van der Waals surface area (Å²) in [7, 11) is 0. The average molecular weight is 473 g/mol. The van der Waals surface area contributed by atoms with Crippen molar-refractivity contribution in [1.82, 2.24) is 5.32 Å². The van der Waals surface area contributed by atoms with Crippen LogP contribution in [-0.2, 0) is 16.0 Å². The molecule has 34 heavy (non-hydrogen) atoms. The zero-order chi connectivity index (χ0) is 24.6. The maximum absolute atomic E-state index is 13.4. The van der Waals surface area contributed by atoms with Crippen LogP contribution < -0.4 is 10.2 Å². The monoisotopic (exact) mass is 472 g/mol. The van der Waals surface area contributed by atoms with Crippen molar-refractivity contribution in [3.8, 4) is 0 Å². The molecule has 6 heteroatoms. The van der Waals surface area contributed by atoms with E-state index in [1.54, 1.807) is 18.2 Å². The second-order valence-corrected chi connectivity index (χ2v) is 9.20. The van der Waals surface area contributed by atoms with Gasteiger partial charge in [-0.3, -0.25) is 14.9 Å². The Morgan fingerprint density at radius 3 is 2.26 bits per heavy atom. The van der Waals surface area contributed by atoms with Crippen molar-refractivity contribution in [2.75, 3.05) is 4.90 Å². The number of benzene rings is 3. The number of amides is 4. The highest BCUT2D eigenvalue weighted by Crippen LogP contribution is 2.28. The van der Waals surface area contributed by atoms with E-state index in [1.165, 1.54) is 6.08 Å². The van der Waals surface area contributed by atoms with E-state index in [0.29, 0.717) is 22.7 Å². The first-order chi connectivity index (χ1) is 16.1. The third-order valence-electron chi connectivity index (χ3n) is 5.79. The summed E-state index contributed by atoms with van der Waals surface area (Å²) >= 11 is 6.27. The van der Waals surface area contributed by atoms with Crippen LogP contribution in [0, 0.1) is 27.7 Å². The number of halogens is 1. The van der Waals surface area contributed by atoms with E-state index in [1.807, 2.05) is 45.9 Å². The summed E-state index contributed by atoms with van der Waals surface area (Å²) in [6.45, 7) is 7.78. The van der Waals surface area contributed by atoms with E-state index < -0.39 is 17.8 Å². The van der Waals surface area contributed by atoms with Gasteiger partial charge in [-0.1, -0.05) is 59.1 Å². The topological polar surface area (TPSA) is 66.5 Å². The van der Waals surface area contributed by atoms with Crippen molar-refractivity contribution in [1.29, 1.82) is 0 Å². The Balaban J connectivity index is 1.77. The Morgan fingerprint density at radius 1 is 0.853 bits per heavy atom. The first kappa shape index (κ1) is 23.5. The quantitative estimate of drug-likeness (QED) is 0.383. The number of rotatable bonds is 4. The van der Waals surface area contributed by atoms with Gasteiger partial charge in [0.2, 0.25) is 0 Å². The standard InChI is InChI=1S/C28H25ClN2O3/c1-16-5-6-19(4)25(12-16)31-27(33)24(26(32)30-28(31)34)15-22-14-23(29)8-7-21(22)13-20-10-17(2)9-18(3)11-20/h5-12,14-15H,13H2,1-4H3,(H,30,32,34)/b24-15+. The van der Waals surface area contributed by atoms with Gasteiger partial charge in [0.25, 0.3) is 11.8 Å². The molecule has 172 valence electrons. The number of hydrogen-bond acceptors (Lipinski definition) is 3. The molecule has 5 nitrogen and oxygen atoms in total. The van der Waals surface area contributed by atoms with Crippen LogP contribution in [0.4, 0.5) is 10.5 Å². The molecule has 1 aliphatic heterocycles. The zero-order valence-corrected chi connectivity index (χ0v) is 20.3. The van der Waals surface area contributed by atoms with E-state index in [9.17, 15) is 14.4 Å². The number of anilines is 1. The summed E-state index contributed by atoms with van der Waals surface area (Å²) in [5.41, 5.74) is 6.98. The maximum Gasteiger partial charge on any atom is 0.335 e. The van der Waals surface area contributed by atoms with Crippen LogP contribution >= 0.6 is 11.6 Å². The number of carbonyl (C=O) groups excluding carboxylic acids is 3. The SMILES string of the molecule is Cc1cc(C)cc(Cc2ccc(Cl)cc2/C=C2\C(=O)NC(=O)N(c3cc(C)ccc3C)C2=O)c1. The summed E-state index contributed by atoms with van der Waals surface area (Å²) in [6, 6.07) is 16.5. The third kappa shape index (κ3) is 4.80. The summed E-state index contributed by atoms with van der Waals surface area (Å²) in [6.07, 6.45) is 2.13. The smallest absolute Gasteiger partial charge is 0.273 e. The van der Waals surface area contributed by atoms with Gasteiger partial charge in [0.1, 0.15) is 5.57 Å². The molecule has 0 atom stereocenters. The number of hydrogen-bond donors (Lipinski definition) is 1. The van der Waals surface area contributed by atoms with Crippen molar-refractivity contribution in [3.05, 3.63) is 104 Å². The van der Waals surface area contributed by atoms with Crippen LogP contribution in [0.5, 0.6) is 0 Å². The minimum absolute atomic E-state index is 0.121. The van der Waals surface area contributed by atoms with E-state index in [0.717, 1.165) is 38.3 Å². The summed E-state index contributed by atoms with van der Waals surface area (Å²) < 4.78 is 0. The first-order valence-electron chi connectivity index (χ1n) is 11.0. The summed E-state index contributed by atoms with van der Waals surface area (Å²) in [5, 5.41) is 2.79. The van der Waals surface area contributed by atoms with Gasteiger partial charge in [-0.2, -0.15) is 0 Å². The van der Waals surface area contributed by atoms with Crippen molar-refractivity contribution in [2.45, 2.75) is 34.1 Å².